The molecule has 4 heteroatoms. The summed E-state index contributed by atoms with van der Waals surface area (Å²) in [4.78, 5) is 10.7. The van der Waals surface area contributed by atoms with E-state index in [9.17, 15) is 4.79 Å². The van der Waals surface area contributed by atoms with Gasteiger partial charge in [0.1, 0.15) is 6.10 Å². The van der Waals surface area contributed by atoms with Gasteiger partial charge in [-0.2, -0.15) is 0 Å². The number of aliphatic hydroxyl groups excluding tert-OH is 2. The van der Waals surface area contributed by atoms with E-state index < -0.39 is 24.1 Å². The van der Waals surface area contributed by atoms with Gasteiger partial charge in [-0.05, 0) is 6.92 Å². The first-order valence-electron chi connectivity index (χ1n) is 3.16. The van der Waals surface area contributed by atoms with Crippen molar-refractivity contribution in [2.75, 3.05) is 6.61 Å². The number of esters is 1. The summed E-state index contributed by atoms with van der Waals surface area (Å²) in [5.41, 5.74) is 0. The molecule has 1 aliphatic rings. The lowest BCUT2D eigenvalue weighted by Crippen LogP contribution is -2.27. The quantitative estimate of drug-likeness (QED) is 0.461. The van der Waals surface area contributed by atoms with Crippen molar-refractivity contribution in [3.05, 3.63) is 0 Å². The van der Waals surface area contributed by atoms with E-state index in [-0.39, 0.29) is 6.61 Å². The summed E-state index contributed by atoms with van der Waals surface area (Å²) in [5.74, 6) is -0.941. The van der Waals surface area contributed by atoms with Crippen LogP contribution in [0.4, 0.5) is 0 Å². The lowest BCUT2D eigenvalue weighted by atomic mass is 10.0. The third kappa shape index (κ3) is 0.998. The first-order valence-corrected chi connectivity index (χ1v) is 3.16. The second-order valence-electron chi connectivity index (χ2n) is 2.44. The van der Waals surface area contributed by atoms with E-state index in [1.165, 1.54) is 0 Å². The summed E-state index contributed by atoms with van der Waals surface area (Å²) in [6.45, 7) is 1.26. The third-order valence-corrected chi connectivity index (χ3v) is 1.71. The van der Waals surface area contributed by atoms with Crippen molar-refractivity contribution >= 4 is 5.97 Å². The Bertz CT molecular complexity index is 145. The Hall–Kier alpha value is -0.610. The van der Waals surface area contributed by atoms with Crippen LogP contribution in [0.1, 0.15) is 6.92 Å². The first kappa shape index (κ1) is 7.50. The van der Waals surface area contributed by atoms with Gasteiger partial charge in [0.25, 0.3) is 0 Å². The monoisotopic (exact) mass is 146 g/mol. The normalized spacial score (nSPS) is 39.9. The Balaban J connectivity index is 2.61. The number of hydrogen-bond acceptors (Lipinski definition) is 4. The topological polar surface area (TPSA) is 66.8 Å². The molecule has 10 heavy (non-hydrogen) atoms. The maximum absolute atomic E-state index is 10.7. The summed E-state index contributed by atoms with van der Waals surface area (Å²) >= 11 is 0. The molecule has 0 aliphatic carbocycles. The van der Waals surface area contributed by atoms with Gasteiger partial charge >= 0.3 is 5.97 Å². The predicted molar refractivity (Wildman–Crippen MR) is 32.1 cm³/mol. The van der Waals surface area contributed by atoms with Gasteiger partial charge in [-0.1, -0.05) is 0 Å². The Kier molecular flexibility index (Phi) is 1.92. The fourth-order valence-electron chi connectivity index (χ4n) is 0.933. The zero-order chi connectivity index (χ0) is 7.72. The highest BCUT2D eigenvalue weighted by atomic mass is 16.6. The molecule has 1 aliphatic heterocycles. The van der Waals surface area contributed by atoms with E-state index in [1.807, 2.05) is 0 Å². The zero-order valence-electron chi connectivity index (χ0n) is 5.65. The first-order chi connectivity index (χ1) is 4.66. The summed E-state index contributed by atoms with van der Waals surface area (Å²) in [6.07, 6.45) is -1.57. The van der Waals surface area contributed by atoms with Crippen LogP contribution in [0.5, 0.6) is 0 Å². The maximum Gasteiger partial charge on any atom is 0.311 e. The maximum atomic E-state index is 10.7. The molecule has 2 N–H and O–H groups in total. The summed E-state index contributed by atoms with van der Waals surface area (Å²) < 4.78 is 4.60. The molecule has 1 rings (SSSR count). The molecule has 0 aromatic rings. The Morgan fingerprint density at radius 3 is 2.50 bits per heavy atom. The second kappa shape index (κ2) is 2.56. The van der Waals surface area contributed by atoms with Crippen LogP contribution in [0.3, 0.4) is 0 Å². The molecule has 1 heterocycles. The van der Waals surface area contributed by atoms with Crippen molar-refractivity contribution in [3.63, 3.8) is 0 Å². The van der Waals surface area contributed by atoms with Gasteiger partial charge in [0.2, 0.25) is 0 Å². The molecule has 58 valence electrons. The summed E-state index contributed by atoms with van der Waals surface area (Å²) in [6, 6.07) is 0. The van der Waals surface area contributed by atoms with Crippen molar-refractivity contribution < 1.29 is 19.7 Å². The van der Waals surface area contributed by atoms with Gasteiger partial charge in [-0.15, -0.1) is 0 Å². The minimum absolute atomic E-state index is 0.308. The van der Waals surface area contributed by atoms with E-state index >= 15 is 0 Å². The van der Waals surface area contributed by atoms with E-state index in [4.69, 9.17) is 10.2 Å². The highest BCUT2D eigenvalue weighted by Gasteiger charge is 2.39. The minimum Gasteiger partial charge on any atom is -0.457 e. The molecule has 3 atom stereocenters. The molecule has 1 unspecified atom stereocenters. The van der Waals surface area contributed by atoms with Crippen LogP contribution in [-0.4, -0.2) is 35.0 Å². The number of carbonyl (C=O) groups excluding carboxylic acids is 1. The van der Waals surface area contributed by atoms with Crippen LogP contribution in [0.25, 0.3) is 0 Å². The van der Waals surface area contributed by atoms with E-state index in [0.717, 1.165) is 0 Å². The average Bonchev–Trinajstić information content (AvgIpc) is 2.17. The minimum atomic E-state index is -0.850. The smallest absolute Gasteiger partial charge is 0.311 e. The van der Waals surface area contributed by atoms with Gasteiger partial charge in [-0.25, -0.2) is 0 Å². The van der Waals surface area contributed by atoms with Crippen molar-refractivity contribution in [1.29, 1.82) is 0 Å². The van der Waals surface area contributed by atoms with E-state index in [1.54, 1.807) is 6.92 Å². The summed E-state index contributed by atoms with van der Waals surface area (Å²) in [7, 11) is 0. The highest BCUT2D eigenvalue weighted by Crippen LogP contribution is 2.20. The molecule has 0 amide bonds. The fourth-order valence-corrected chi connectivity index (χ4v) is 0.933. The molecule has 0 spiro atoms. The fraction of sp³-hybridized carbons (Fsp3) is 0.833. The number of carbonyl (C=O) groups is 1. The van der Waals surface area contributed by atoms with Crippen LogP contribution in [-0.2, 0) is 9.53 Å². The molecular formula is C6H10O4. The number of ether oxygens (including phenoxy) is 1. The number of cyclic esters (lactones) is 1. The highest BCUT2D eigenvalue weighted by molar-refractivity contribution is 5.75. The van der Waals surface area contributed by atoms with Crippen molar-refractivity contribution in [2.45, 2.75) is 19.1 Å². The zero-order valence-corrected chi connectivity index (χ0v) is 5.65. The van der Waals surface area contributed by atoms with Crippen LogP contribution >= 0.6 is 0 Å². The molecule has 1 saturated heterocycles. The number of rotatable bonds is 1. The SMILES string of the molecule is CC1C(=O)O[C@H](CO)[C@H]1O. The Labute approximate surface area is 58.4 Å². The van der Waals surface area contributed by atoms with Gasteiger partial charge < -0.3 is 14.9 Å². The van der Waals surface area contributed by atoms with Crippen LogP contribution in [0, 0.1) is 5.92 Å². The third-order valence-electron chi connectivity index (χ3n) is 1.71. The van der Waals surface area contributed by atoms with Crippen molar-refractivity contribution in [1.82, 2.24) is 0 Å². The van der Waals surface area contributed by atoms with Crippen molar-refractivity contribution in [2.24, 2.45) is 5.92 Å². The van der Waals surface area contributed by atoms with Crippen molar-refractivity contribution in [3.8, 4) is 0 Å². The van der Waals surface area contributed by atoms with Crippen LogP contribution in [0.15, 0.2) is 0 Å². The standard InChI is InChI=1S/C6H10O4/c1-3-5(8)4(2-7)10-6(3)9/h3-5,7-8H,2H2,1H3/t3?,4-,5+/m1/s1. The molecule has 0 bridgehead atoms. The largest absolute Gasteiger partial charge is 0.457 e. The molecule has 0 aromatic heterocycles. The molecule has 0 aromatic carbocycles. The molecule has 0 saturated carbocycles. The van der Waals surface area contributed by atoms with Gasteiger partial charge in [0.15, 0.2) is 6.10 Å². The van der Waals surface area contributed by atoms with Gasteiger partial charge in [-0.3, -0.25) is 4.79 Å². The van der Waals surface area contributed by atoms with Crippen LogP contribution < -0.4 is 0 Å². The lowest BCUT2D eigenvalue weighted by Gasteiger charge is -2.09. The molecule has 0 radical (unpaired) electrons. The van der Waals surface area contributed by atoms with E-state index in [2.05, 4.69) is 4.74 Å². The Morgan fingerprint density at radius 1 is 1.70 bits per heavy atom. The summed E-state index contributed by atoms with van der Waals surface area (Å²) in [5, 5.41) is 17.7. The van der Waals surface area contributed by atoms with Crippen LogP contribution in [0.2, 0.25) is 0 Å². The lowest BCUT2D eigenvalue weighted by molar-refractivity contribution is -0.145. The number of aliphatic hydroxyl groups is 2. The molecule has 4 nitrogen and oxygen atoms in total. The molecular weight excluding hydrogens is 136 g/mol. The predicted octanol–water partition coefficient (Wildman–Crippen LogP) is -1.10. The molecule has 1 fully saturated rings. The van der Waals surface area contributed by atoms with Gasteiger partial charge in [0.05, 0.1) is 12.5 Å². The average molecular weight is 146 g/mol. The number of hydrogen-bond donors (Lipinski definition) is 2. The van der Waals surface area contributed by atoms with E-state index in [0.29, 0.717) is 0 Å². The van der Waals surface area contributed by atoms with Gasteiger partial charge in [0, 0.05) is 0 Å². The second-order valence-corrected chi connectivity index (χ2v) is 2.44. The Morgan fingerprint density at radius 2 is 2.30 bits per heavy atom.